The van der Waals surface area contributed by atoms with Crippen molar-refractivity contribution in [3.05, 3.63) is 17.0 Å². The lowest BCUT2D eigenvalue weighted by Crippen LogP contribution is -1.73. The SMILES string of the molecule is [c]1nnc(-c2ccsn2)s1. The maximum atomic E-state index is 4.09. The van der Waals surface area contributed by atoms with Crippen LogP contribution in [0, 0.1) is 5.51 Å². The summed E-state index contributed by atoms with van der Waals surface area (Å²) in [6.45, 7) is 0. The molecular formula is C5H2N3S2. The van der Waals surface area contributed by atoms with Gasteiger partial charge in [0.05, 0.1) is 0 Å². The van der Waals surface area contributed by atoms with E-state index >= 15 is 0 Å². The third-order valence-corrected chi connectivity index (χ3v) is 2.20. The second kappa shape index (κ2) is 2.43. The molecule has 0 N–H and O–H groups in total. The fraction of sp³-hybridized carbons (Fsp3) is 0. The molecule has 0 aliphatic rings. The van der Waals surface area contributed by atoms with Crippen LogP contribution in [0.4, 0.5) is 0 Å². The van der Waals surface area contributed by atoms with Gasteiger partial charge in [0.2, 0.25) is 0 Å². The van der Waals surface area contributed by atoms with Gasteiger partial charge < -0.3 is 0 Å². The van der Waals surface area contributed by atoms with E-state index in [-0.39, 0.29) is 0 Å². The van der Waals surface area contributed by atoms with Gasteiger partial charge in [-0.25, -0.2) is 0 Å². The van der Waals surface area contributed by atoms with E-state index in [2.05, 4.69) is 20.1 Å². The first-order valence-corrected chi connectivity index (χ1v) is 4.22. The molecular weight excluding hydrogens is 166 g/mol. The molecule has 0 aliphatic heterocycles. The van der Waals surface area contributed by atoms with Gasteiger partial charge in [-0.3, -0.25) is 0 Å². The summed E-state index contributed by atoms with van der Waals surface area (Å²) in [7, 11) is 0. The molecule has 0 bridgehead atoms. The highest BCUT2D eigenvalue weighted by Crippen LogP contribution is 2.18. The average molecular weight is 168 g/mol. The molecule has 5 heteroatoms. The second-order valence-electron chi connectivity index (χ2n) is 1.58. The number of aromatic nitrogens is 3. The molecule has 1 radical (unpaired) electrons. The molecule has 49 valence electrons. The van der Waals surface area contributed by atoms with Crippen LogP contribution in [0.1, 0.15) is 0 Å². The molecule has 2 heterocycles. The summed E-state index contributed by atoms with van der Waals surface area (Å²) in [6, 6.07) is 1.92. The molecule has 0 atom stereocenters. The molecule has 2 aromatic heterocycles. The zero-order chi connectivity index (χ0) is 6.81. The van der Waals surface area contributed by atoms with E-state index in [1.807, 2.05) is 11.4 Å². The lowest BCUT2D eigenvalue weighted by Gasteiger charge is -1.79. The van der Waals surface area contributed by atoms with Crippen LogP contribution < -0.4 is 0 Å². The van der Waals surface area contributed by atoms with E-state index in [1.54, 1.807) is 0 Å². The van der Waals surface area contributed by atoms with Crippen LogP contribution in [-0.2, 0) is 0 Å². The van der Waals surface area contributed by atoms with Crippen molar-refractivity contribution in [1.29, 1.82) is 0 Å². The molecule has 10 heavy (non-hydrogen) atoms. The highest BCUT2D eigenvalue weighted by Gasteiger charge is 2.01. The third kappa shape index (κ3) is 0.932. The van der Waals surface area contributed by atoms with Gasteiger partial charge in [-0.15, -0.1) is 10.2 Å². The minimum atomic E-state index is 0.834. The third-order valence-electron chi connectivity index (χ3n) is 0.981. The topological polar surface area (TPSA) is 38.7 Å². The number of nitrogens with zero attached hydrogens (tertiary/aromatic N) is 3. The van der Waals surface area contributed by atoms with Gasteiger partial charge in [-0.05, 0) is 17.6 Å². The molecule has 0 saturated carbocycles. The van der Waals surface area contributed by atoms with Gasteiger partial charge in [-0.2, -0.15) is 4.37 Å². The fourth-order valence-electron chi connectivity index (χ4n) is 0.576. The molecule has 0 spiro atoms. The first-order chi connectivity index (χ1) is 4.97. The maximum absolute atomic E-state index is 4.09. The first-order valence-electron chi connectivity index (χ1n) is 2.57. The number of hydrogen-bond acceptors (Lipinski definition) is 5. The number of rotatable bonds is 1. The minimum Gasteiger partial charge on any atom is -0.190 e. The monoisotopic (exact) mass is 168 g/mol. The zero-order valence-electron chi connectivity index (χ0n) is 4.81. The van der Waals surface area contributed by atoms with Gasteiger partial charge >= 0.3 is 0 Å². The van der Waals surface area contributed by atoms with E-state index in [0.717, 1.165) is 10.7 Å². The Kier molecular flexibility index (Phi) is 1.44. The summed E-state index contributed by atoms with van der Waals surface area (Å²) in [6.07, 6.45) is 0. The van der Waals surface area contributed by atoms with Crippen molar-refractivity contribution in [2.75, 3.05) is 0 Å². The number of hydrogen-bond donors (Lipinski definition) is 0. The fourth-order valence-corrected chi connectivity index (χ4v) is 1.61. The highest BCUT2D eigenvalue weighted by atomic mass is 32.1. The Labute approximate surface area is 65.5 Å². The van der Waals surface area contributed by atoms with Gasteiger partial charge in [0.15, 0.2) is 10.5 Å². The quantitative estimate of drug-likeness (QED) is 0.647. The predicted molar refractivity (Wildman–Crippen MR) is 39.9 cm³/mol. The van der Waals surface area contributed by atoms with Crippen LogP contribution in [0.5, 0.6) is 0 Å². The summed E-state index contributed by atoms with van der Waals surface area (Å²) in [5.74, 6) is 0. The first kappa shape index (κ1) is 5.94. The van der Waals surface area contributed by atoms with Crippen molar-refractivity contribution < 1.29 is 0 Å². The van der Waals surface area contributed by atoms with Gasteiger partial charge in [0.25, 0.3) is 0 Å². The Morgan fingerprint density at radius 2 is 2.50 bits per heavy atom. The van der Waals surface area contributed by atoms with E-state index in [1.165, 1.54) is 22.9 Å². The Balaban J connectivity index is 2.48. The summed E-state index contributed by atoms with van der Waals surface area (Å²) < 4.78 is 4.09. The molecule has 0 unspecified atom stereocenters. The molecule has 0 amide bonds. The molecule has 3 nitrogen and oxygen atoms in total. The van der Waals surface area contributed by atoms with E-state index in [4.69, 9.17) is 0 Å². The smallest absolute Gasteiger partial charge is 0.178 e. The molecule has 2 aromatic rings. The van der Waals surface area contributed by atoms with Gasteiger partial charge in [0, 0.05) is 5.38 Å². The standard InChI is InChI=1S/C5H2N3S2/c1-2-10-8-4(1)5-7-6-3-9-5/h1-2H. The summed E-state index contributed by atoms with van der Waals surface area (Å²) in [5.41, 5.74) is 3.56. The average Bonchev–Trinajstić information content (AvgIpc) is 2.59. The van der Waals surface area contributed by atoms with Crippen LogP contribution in [-0.4, -0.2) is 14.6 Å². The largest absolute Gasteiger partial charge is 0.190 e. The Morgan fingerprint density at radius 1 is 1.50 bits per heavy atom. The Bertz CT molecular complexity index is 254. The van der Waals surface area contributed by atoms with E-state index in [9.17, 15) is 0 Å². The Morgan fingerprint density at radius 3 is 3.10 bits per heavy atom. The summed E-state index contributed by atoms with van der Waals surface area (Å²) in [4.78, 5) is 0. The Hall–Kier alpha value is -0.810. The summed E-state index contributed by atoms with van der Waals surface area (Å²) >= 11 is 2.79. The van der Waals surface area contributed by atoms with Crippen LogP contribution in [0.15, 0.2) is 11.4 Å². The van der Waals surface area contributed by atoms with Crippen molar-refractivity contribution in [3.8, 4) is 10.7 Å². The van der Waals surface area contributed by atoms with Crippen LogP contribution >= 0.6 is 22.9 Å². The van der Waals surface area contributed by atoms with Crippen molar-refractivity contribution in [1.82, 2.24) is 14.6 Å². The lowest BCUT2D eigenvalue weighted by atomic mass is 10.5. The van der Waals surface area contributed by atoms with Gasteiger partial charge in [-0.1, -0.05) is 11.3 Å². The maximum Gasteiger partial charge on any atom is 0.178 e. The molecule has 0 aliphatic carbocycles. The lowest BCUT2D eigenvalue weighted by molar-refractivity contribution is 1.09. The van der Waals surface area contributed by atoms with Crippen LogP contribution in [0.3, 0.4) is 0 Å². The minimum absolute atomic E-state index is 0.834. The predicted octanol–water partition coefficient (Wildman–Crippen LogP) is 1.46. The van der Waals surface area contributed by atoms with Crippen molar-refractivity contribution in [2.45, 2.75) is 0 Å². The van der Waals surface area contributed by atoms with E-state index in [0.29, 0.717) is 0 Å². The van der Waals surface area contributed by atoms with Crippen molar-refractivity contribution >= 4 is 22.9 Å². The molecule has 0 aromatic carbocycles. The van der Waals surface area contributed by atoms with Crippen molar-refractivity contribution in [3.63, 3.8) is 0 Å². The van der Waals surface area contributed by atoms with E-state index < -0.39 is 0 Å². The van der Waals surface area contributed by atoms with Crippen LogP contribution in [0.2, 0.25) is 0 Å². The second-order valence-corrected chi connectivity index (χ2v) is 3.02. The summed E-state index contributed by atoms with van der Waals surface area (Å²) in [5, 5.41) is 10.2. The zero-order valence-corrected chi connectivity index (χ0v) is 6.45. The van der Waals surface area contributed by atoms with Crippen LogP contribution in [0.25, 0.3) is 10.7 Å². The molecule has 0 saturated heterocycles. The highest BCUT2D eigenvalue weighted by molar-refractivity contribution is 7.12. The van der Waals surface area contributed by atoms with Gasteiger partial charge in [0.1, 0.15) is 5.69 Å². The molecule has 0 fully saturated rings. The molecule has 2 rings (SSSR count). The van der Waals surface area contributed by atoms with Crippen molar-refractivity contribution in [2.24, 2.45) is 0 Å². The normalized spacial score (nSPS) is 10.0.